The van der Waals surface area contributed by atoms with Crippen molar-refractivity contribution in [2.45, 2.75) is 11.0 Å². The number of amides is 2. The van der Waals surface area contributed by atoms with E-state index in [2.05, 4.69) is 10.6 Å². The third-order valence-electron chi connectivity index (χ3n) is 3.78. The lowest BCUT2D eigenvalue weighted by Crippen LogP contribution is -2.38. The number of ether oxygens (including phenoxy) is 2. The van der Waals surface area contributed by atoms with Gasteiger partial charge in [-0.15, -0.1) is 11.8 Å². The lowest BCUT2D eigenvalue weighted by Gasteiger charge is -2.19. The minimum Gasteiger partial charge on any atom is -0.496 e. The molecule has 0 saturated carbocycles. The van der Waals surface area contributed by atoms with Crippen LogP contribution in [0.3, 0.4) is 0 Å². The van der Waals surface area contributed by atoms with Crippen LogP contribution in [0.25, 0.3) is 0 Å². The molecule has 0 unspecified atom stereocenters. The van der Waals surface area contributed by atoms with Gasteiger partial charge in [-0.25, -0.2) is 0 Å². The van der Waals surface area contributed by atoms with E-state index in [-0.39, 0.29) is 6.54 Å². The molecule has 2 N–H and O–H groups in total. The van der Waals surface area contributed by atoms with Gasteiger partial charge in [0.2, 0.25) is 0 Å². The second-order valence-electron chi connectivity index (χ2n) is 5.33. The highest BCUT2D eigenvalue weighted by atomic mass is 32.2. The van der Waals surface area contributed by atoms with Gasteiger partial charge in [-0.1, -0.05) is 30.3 Å². The number of para-hydroxylation sites is 2. The van der Waals surface area contributed by atoms with Gasteiger partial charge >= 0.3 is 11.8 Å². The molecule has 0 aliphatic carbocycles. The highest BCUT2D eigenvalue weighted by Gasteiger charge is 2.20. The lowest BCUT2D eigenvalue weighted by atomic mass is 10.1. The fourth-order valence-electron chi connectivity index (χ4n) is 2.45. The van der Waals surface area contributed by atoms with E-state index >= 15 is 0 Å². The van der Waals surface area contributed by atoms with Crippen molar-refractivity contribution in [1.82, 2.24) is 5.32 Å². The van der Waals surface area contributed by atoms with Crippen molar-refractivity contribution >= 4 is 29.3 Å². The molecule has 0 spiro atoms. The van der Waals surface area contributed by atoms with E-state index < -0.39 is 17.9 Å². The predicted octanol–water partition coefficient (Wildman–Crippen LogP) is 2.86. The molecular formula is C19H22N2O4S. The first-order valence-corrected chi connectivity index (χ1v) is 9.21. The zero-order valence-corrected chi connectivity index (χ0v) is 15.8. The molecule has 6 nitrogen and oxygen atoms in total. The molecule has 7 heteroatoms. The number of nitrogens with one attached hydrogen (secondary N) is 2. The molecule has 0 heterocycles. The second-order valence-corrected chi connectivity index (χ2v) is 6.18. The zero-order valence-electron chi connectivity index (χ0n) is 14.9. The summed E-state index contributed by atoms with van der Waals surface area (Å²) in [6, 6.07) is 14.7. The monoisotopic (exact) mass is 374 g/mol. The first kappa shape index (κ1) is 19.8. The number of benzene rings is 2. The van der Waals surface area contributed by atoms with Gasteiger partial charge in [-0.05, 0) is 24.5 Å². The highest BCUT2D eigenvalue weighted by Crippen LogP contribution is 2.26. The van der Waals surface area contributed by atoms with Crippen LogP contribution in [0.2, 0.25) is 0 Å². The number of carbonyl (C=O) groups excluding carboxylic acids is 2. The summed E-state index contributed by atoms with van der Waals surface area (Å²) in [6.45, 7) is 0.146. The summed E-state index contributed by atoms with van der Waals surface area (Å²) in [7, 11) is 3.11. The molecule has 26 heavy (non-hydrogen) atoms. The van der Waals surface area contributed by atoms with Crippen LogP contribution in [0.1, 0.15) is 11.7 Å². The minimum atomic E-state index is -0.724. The molecule has 0 radical (unpaired) electrons. The van der Waals surface area contributed by atoms with Crippen molar-refractivity contribution in [2.75, 3.05) is 32.3 Å². The van der Waals surface area contributed by atoms with Gasteiger partial charge in [0.1, 0.15) is 11.9 Å². The van der Waals surface area contributed by atoms with Gasteiger partial charge < -0.3 is 20.1 Å². The summed E-state index contributed by atoms with van der Waals surface area (Å²) in [5.41, 5.74) is 1.40. The first-order valence-electron chi connectivity index (χ1n) is 7.98. The van der Waals surface area contributed by atoms with E-state index in [1.54, 1.807) is 19.2 Å². The van der Waals surface area contributed by atoms with Gasteiger partial charge in [0.15, 0.2) is 0 Å². The number of carbonyl (C=O) groups is 2. The van der Waals surface area contributed by atoms with Crippen molar-refractivity contribution < 1.29 is 19.1 Å². The van der Waals surface area contributed by atoms with Gasteiger partial charge in [0, 0.05) is 24.1 Å². The summed E-state index contributed by atoms with van der Waals surface area (Å²) in [5, 5.41) is 5.23. The maximum Gasteiger partial charge on any atom is 0.313 e. The molecule has 0 aromatic heterocycles. The second kappa shape index (κ2) is 9.84. The van der Waals surface area contributed by atoms with Gasteiger partial charge in [-0.2, -0.15) is 0 Å². The molecule has 0 saturated heterocycles. The summed E-state index contributed by atoms with van der Waals surface area (Å²) in [4.78, 5) is 25.2. The molecular weight excluding hydrogens is 352 g/mol. The third-order valence-corrected chi connectivity index (χ3v) is 4.58. The normalized spacial score (nSPS) is 11.5. The van der Waals surface area contributed by atoms with Crippen LogP contribution in [-0.4, -0.2) is 38.8 Å². The minimum absolute atomic E-state index is 0.146. The van der Waals surface area contributed by atoms with Gasteiger partial charge in [0.25, 0.3) is 0 Å². The van der Waals surface area contributed by atoms with Gasteiger partial charge in [0.05, 0.1) is 12.8 Å². The standard InChI is InChI=1S/C19H22N2O4S/c1-24-15-10-6-4-8-13(15)16(25-2)12-20-18(22)19(23)21-14-9-5-7-11-17(14)26-3/h4-11,16H,12H2,1-3H3,(H,20,22)(H,21,23)/t16-/m1/s1. The van der Waals surface area contributed by atoms with E-state index in [1.165, 1.54) is 18.9 Å². The predicted molar refractivity (Wildman–Crippen MR) is 103 cm³/mol. The molecule has 138 valence electrons. The van der Waals surface area contributed by atoms with Crippen LogP contribution < -0.4 is 15.4 Å². The molecule has 0 bridgehead atoms. The topological polar surface area (TPSA) is 76.7 Å². The molecule has 2 aromatic rings. The van der Waals surface area contributed by atoms with Crippen LogP contribution in [0, 0.1) is 0 Å². The Morgan fingerprint density at radius 2 is 1.73 bits per heavy atom. The van der Waals surface area contributed by atoms with E-state index in [1.807, 2.05) is 42.7 Å². The Bertz CT molecular complexity index is 767. The van der Waals surface area contributed by atoms with Crippen LogP contribution >= 0.6 is 11.8 Å². The number of rotatable bonds is 7. The van der Waals surface area contributed by atoms with Crippen molar-refractivity contribution in [3.63, 3.8) is 0 Å². The van der Waals surface area contributed by atoms with E-state index in [9.17, 15) is 9.59 Å². The van der Waals surface area contributed by atoms with Crippen LogP contribution in [0.15, 0.2) is 53.4 Å². The Hall–Kier alpha value is -2.51. The number of hydrogen-bond acceptors (Lipinski definition) is 5. The maximum atomic E-state index is 12.1. The van der Waals surface area contributed by atoms with E-state index in [4.69, 9.17) is 9.47 Å². The van der Waals surface area contributed by atoms with Crippen LogP contribution in [-0.2, 0) is 14.3 Å². The number of hydrogen-bond donors (Lipinski definition) is 2. The largest absolute Gasteiger partial charge is 0.496 e. The Labute approximate surface area is 157 Å². The van der Waals surface area contributed by atoms with Gasteiger partial charge in [-0.3, -0.25) is 9.59 Å². The molecule has 0 aliphatic rings. The van der Waals surface area contributed by atoms with Crippen LogP contribution in [0.4, 0.5) is 5.69 Å². The smallest absolute Gasteiger partial charge is 0.313 e. The Kier molecular flexibility index (Phi) is 7.50. The van der Waals surface area contributed by atoms with Crippen molar-refractivity contribution in [3.8, 4) is 5.75 Å². The SMILES string of the molecule is COc1ccccc1[C@@H](CNC(=O)C(=O)Nc1ccccc1SC)OC. The highest BCUT2D eigenvalue weighted by molar-refractivity contribution is 7.98. The average molecular weight is 374 g/mol. The van der Waals surface area contributed by atoms with E-state index in [0.29, 0.717) is 11.4 Å². The van der Waals surface area contributed by atoms with Crippen molar-refractivity contribution in [3.05, 3.63) is 54.1 Å². The summed E-state index contributed by atoms with van der Waals surface area (Å²) in [6.07, 6.45) is 1.47. The Balaban J connectivity index is 1.99. The van der Waals surface area contributed by atoms with Crippen molar-refractivity contribution in [1.29, 1.82) is 0 Å². The molecule has 2 rings (SSSR count). The number of methoxy groups -OCH3 is 2. The first-order chi connectivity index (χ1) is 12.6. The molecule has 2 aromatic carbocycles. The quantitative estimate of drug-likeness (QED) is 0.576. The average Bonchev–Trinajstić information content (AvgIpc) is 2.68. The number of thioether (sulfide) groups is 1. The Morgan fingerprint density at radius 1 is 1.04 bits per heavy atom. The fourth-order valence-corrected chi connectivity index (χ4v) is 3.00. The lowest BCUT2D eigenvalue weighted by molar-refractivity contribution is -0.136. The maximum absolute atomic E-state index is 12.1. The summed E-state index contributed by atoms with van der Waals surface area (Å²) in [5.74, 6) is -0.786. The number of anilines is 1. The summed E-state index contributed by atoms with van der Waals surface area (Å²) < 4.78 is 10.7. The zero-order chi connectivity index (χ0) is 18.9. The molecule has 0 aliphatic heterocycles. The summed E-state index contributed by atoms with van der Waals surface area (Å²) >= 11 is 1.49. The molecule has 1 atom stereocenters. The van der Waals surface area contributed by atoms with Crippen LogP contribution in [0.5, 0.6) is 5.75 Å². The van der Waals surface area contributed by atoms with Crippen molar-refractivity contribution in [2.24, 2.45) is 0 Å². The third kappa shape index (κ3) is 5.00. The van der Waals surface area contributed by atoms with E-state index in [0.717, 1.165) is 10.5 Å². The Morgan fingerprint density at radius 3 is 2.42 bits per heavy atom. The fraction of sp³-hybridized carbons (Fsp3) is 0.263. The molecule has 0 fully saturated rings. The molecule has 2 amide bonds.